The molecular weight excluding hydrogens is 817 g/mol. The molecule has 63 heavy (non-hydrogen) atoms. The van der Waals surface area contributed by atoms with Crippen molar-refractivity contribution in [3.8, 4) is 47.4 Å². The summed E-state index contributed by atoms with van der Waals surface area (Å²) in [4.78, 5) is 69.7. The number of rotatable bonds is 9. The molecule has 0 aliphatic carbocycles. The van der Waals surface area contributed by atoms with Gasteiger partial charge in [0, 0.05) is 16.7 Å². The summed E-state index contributed by atoms with van der Waals surface area (Å²) in [5.41, 5.74) is 6.07. The summed E-state index contributed by atoms with van der Waals surface area (Å²) in [6.45, 7) is 16.6. The summed E-state index contributed by atoms with van der Waals surface area (Å²) in [6.07, 6.45) is -2.77. The summed E-state index contributed by atoms with van der Waals surface area (Å²) in [5.74, 6) is 17.9. The molecule has 2 aromatic rings. The summed E-state index contributed by atoms with van der Waals surface area (Å²) in [5, 5.41) is 34.1. The Labute approximate surface area is 369 Å². The minimum atomic E-state index is -1.12. The highest BCUT2D eigenvalue weighted by Gasteiger charge is 2.31. The number of nitrogens with one attached hydrogen (secondary N) is 3. The van der Waals surface area contributed by atoms with Gasteiger partial charge in [0.25, 0.3) is 5.91 Å². The lowest BCUT2D eigenvalue weighted by Gasteiger charge is -2.26. The van der Waals surface area contributed by atoms with Crippen molar-refractivity contribution < 1.29 is 63.0 Å². The quantitative estimate of drug-likeness (QED) is 0.109. The largest absolute Gasteiger partial charge is 0.478 e. The number of carbonyl (C=O) groups is 6. The number of carboxylic acids is 1. The number of hydrogen-bond donors (Lipinski definition) is 7. The van der Waals surface area contributed by atoms with Gasteiger partial charge in [-0.25, -0.2) is 19.2 Å². The highest BCUT2D eigenvalue weighted by atomic mass is 16.6. The molecular formula is C46H58N4O13. The maximum Gasteiger partial charge on any atom is 0.407 e. The Hall–Kier alpha value is -7.02. The molecule has 0 fully saturated rings. The molecule has 17 nitrogen and oxygen atoms in total. The maximum absolute atomic E-state index is 12.6. The third-order valence-electron chi connectivity index (χ3n) is 7.12. The zero-order valence-electron chi connectivity index (χ0n) is 37.6. The van der Waals surface area contributed by atoms with Crippen LogP contribution in [-0.4, -0.2) is 113 Å². The summed E-state index contributed by atoms with van der Waals surface area (Å²) in [6, 6.07) is 9.15. The third-order valence-corrected chi connectivity index (χ3v) is 7.12. The van der Waals surface area contributed by atoms with Gasteiger partial charge < -0.3 is 56.0 Å². The number of aliphatic hydroxyl groups is 2. The van der Waals surface area contributed by atoms with Crippen LogP contribution in [0.3, 0.4) is 0 Å². The van der Waals surface area contributed by atoms with Crippen LogP contribution in [0.4, 0.5) is 9.59 Å². The van der Waals surface area contributed by atoms with E-state index in [2.05, 4.69) is 68.1 Å². The van der Waals surface area contributed by atoms with Crippen molar-refractivity contribution in [1.82, 2.24) is 16.0 Å². The van der Waals surface area contributed by atoms with Gasteiger partial charge in [-0.1, -0.05) is 23.7 Å². The van der Waals surface area contributed by atoms with Crippen LogP contribution in [0.2, 0.25) is 0 Å². The number of carbonyl (C=O) groups excluding carboxylic acids is 5. The van der Waals surface area contributed by atoms with E-state index in [9.17, 15) is 28.8 Å². The monoisotopic (exact) mass is 874 g/mol. The molecule has 2 aromatic carbocycles. The minimum absolute atomic E-state index is 0.223. The molecule has 0 aliphatic heterocycles. The number of ether oxygens (including phenoxy) is 4. The molecule has 2 rings (SSSR count). The fraction of sp³-hybridized carbons (Fsp3) is 0.435. The third kappa shape index (κ3) is 26.0. The molecule has 8 N–H and O–H groups in total. The van der Waals surface area contributed by atoms with Crippen LogP contribution < -0.4 is 21.7 Å². The van der Waals surface area contributed by atoms with Crippen molar-refractivity contribution in [3.63, 3.8) is 0 Å². The number of carboxylic acid groups (broad SMARTS) is 1. The number of nitrogens with two attached hydrogens (primary N) is 1. The Bertz CT molecular complexity index is 2110. The van der Waals surface area contributed by atoms with Crippen LogP contribution >= 0.6 is 0 Å². The number of aromatic carboxylic acids is 1. The molecule has 3 amide bonds. The molecule has 0 heterocycles. The zero-order valence-corrected chi connectivity index (χ0v) is 37.6. The van der Waals surface area contributed by atoms with Crippen LogP contribution in [0.25, 0.3) is 0 Å². The smallest absolute Gasteiger partial charge is 0.407 e. The Morgan fingerprint density at radius 2 is 0.968 bits per heavy atom. The molecule has 0 unspecified atom stereocenters. The van der Waals surface area contributed by atoms with Crippen LogP contribution in [-0.2, 0) is 28.5 Å². The van der Waals surface area contributed by atoms with Gasteiger partial charge in [-0.2, -0.15) is 0 Å². The van der Waals surface area contributed by atoms with Gasteiger partial charge in [0.1, 0.15) is 35.5 Å². The first-order valence-electron chi connectivity index (χ1n) is 19.2. The molecule has 0 bridgehead atoms. The fourth-order valence-corrected chi connectivity index (χ4v) is 4.13. The number of esters is 2. The van der Waals surface area contributed by atoms with Gasteiger partial charge in [-0.15, -0.1) is 0 Å². The summed E-state index contributed by atoms with van der Waals surface area (Å²) < 4.78 is 19.4. The zero-order chi connectivity index (χ0) is 48.5. The van der Waals surface area contributed by atoms with E-state index in [1.165, 1.54) is 33.3 Å². The van der Waals surface area contributed by atoms with Crippen molar-refractivity contribution >= 4 is 36.0 Å². The molecule has 6 atom stereocenters. The van der Waals surface area contributed by atoms with E-state index in [-0.39, 0.29) is 5.56 Å². The van der Waals surface area contributed by atoms with Crippen molar-refractivity contribution in [1.29, 1.82) is 0 Å². The van der Waals surface area contributed by atoms with Gasteiger partial charge in [0.2, 0.25) is 0 Å². The normalized spacial score (nSPS) is 12.9. The molecule has 0 aliphatic rings. The maximum atomic E-state index is 12.6. The highest BCUT2D eigenvalue weighted by Crippen LogP contribution is 2.10. The van der Waals surface area contributed by atoms with Gasteiger partial charge in [0.05, 0.1) is 31.9 Å². The Kier molecular flexibility index (Phi) is 24.7. The van der Waals surface area contributed by atoms with Gasteiger partial charge >= 0.3 is 30.1 Å². The number of amides is 3. The van der Waals surface area contributed by atoms with E-state index < -0.39 is 83.6 Å². The first-order valence-corrected chi connectivity index (χ1v) is 19.2. The van der Waals surface area contributed by atoms with Gasteiger partial charge in [-0.05, 0) is 141 Å². The van der Waals surface area contributed by atoms with Crippen LogP contribution in [0.1, 0.15) is 101 Å². The molecule has 0 spiro atoms. The van der Waals surface area contributed by atoms with E-state index in [1.807, 2.05) is 0 Å². The molecule has 0 saturated heterocycles. The van der Waals surface area contributed by atoms with Gasteiger partial charge in [0.15, 0.2) is 0 Å². The summed E-state index contributed by atoms with van der Waals surface area (Å²) >= 11 is 0. The molecule has 17 heteroatoms. The Balaban J connectivity index is 0.00000101. The first-order chi connectivity index (χ1) is 29.2. The SMILES string of the molecule is COC(=O)[C@@H](N)[C@@H](C)NC(=O)OC(C)(C)C.COC(=O)[C@@H](NC(=O)c1ccc(C#CC#C[C@H](C)O)cc1)[C@@H](C)NC(=O)OC(C)(C)C.C[C@H](O)C#CC#Cc1ccc(C(=O)O)cc1. The molecule has 0 saturated carbocycles. The van der Waals surface area contributed by atoms with Gasteiger partial charge in [-0.3, -0.25) is 9.59 Å². The van der Waals surface area contributed by atoms with Crippen molar-refractivity contribution in [2.75, 3.05) is 14.2 Å². The van der Waals surface area contributed by atoms with E-state index in [4.69, 9.17) is 35.3 Å². The number of alkyl carbamates (subject to hydrolysis) is 2. The van der Waals surface area contributed by atoms with E-state index in [1.54, 1.807) is 98.7 Å². The molecule has 340 valence electrons. The average molecular weight is 875 g/mol. The van der Waals surface area contributed by atoms with E-state index in [0.717, 1.165) is 0 Å². The lowest BCUT2D eigenvalue weighted by molar-refractivity contribution is -0.144. The fourth-order valence-electron chi connectivity index (χ4n) is 4.13. The van der Waals surface area contributed by atoms with Crippen molar-refractivity contribution in [3.05, 3.63) is 70.8 Å². The minimum Gasteiger partial charge on any atom is -0.478 e. The van der Waals surface area contributed by atoms with Crippen LogP contribution in [0.5, 0.6) is 0 Å². The van der Waals surface area contributed by atoms with Crippen LogP contribution in [0.15, 0.2) is 48.5 Å². The first kappa shape index (κ1) is 56.0. The second-order valence-corrected chi connectivity index (χ2v) is 15.2. The predicted molar refractivity (Wildman–Crippen MR) is 233 cm³/mol. The second-order valence-electron chi connectivity index (χ2n) is 15.2. The lowest BCUT2D eigenvalue weighted by Crippen LogP contribution is -2.55. The topological polar surface area (TPSA) is 262 Å². The second kappa shape index (κ2) is 27.8. The van der Waals surface area contributed by atoms with E-state index in [0.29, 0.717) is 16.7 Å². The van der Waals surface area contributed by atoms with Crippen molar-refractivity contribution in [2.24, 2.45) is 5.73 Å². The lowest BCUT2D eigenvalue weighted by atomic mass is 10.1. The number of methoxy groups -OCH3 is 2. The number of benzene rings is 2. The van der Waals surface area contributed by atoms with Crippen molar-refractivity contribution in [2.45, 2.75) is 117 Å². The van der Waals surface area contributed by atoms with Crippen LogP contribution in [0, 0.1) is 47.4 Å². The van der Waals surface area contributed by atoms with E-state index >= 15 is 0 Å². The Morgan fingerprint density at radius 3 is 1.32 bits per heavy atom. The average Bonchev–Trinajstić information content (AvgIpc) is 3.18. The predicted octanol–water partition coefficient (Wildman–Crippen LogP) is 3.13. The highest BCUT2D eigenvalue weighted by molar-refractivity contribution is 5.97. The number of aliphatic hydroxyl groups excluding tert-OH is 2. The number of hydrogen-bond acceptors (Lipinski definition) is 13. The molecule has 0 radical (unpaired) electrons. The standard InChI is InChI=1S/C23H28N2O6.C13H10O3.C10H20N2O4/c1-15(26)9-7-8-10-17-11-13-18(14-12-17)20(27)25-19(21(28)30-6)16(2)24-22(29)31-23(3,4)5;1-10(14)4-2-3-5-11-6-8-12(9-7-11)13(15)16;1-6(7(11)8(13)15-5)12-9(14)16-10(2,3)4/h11-16,19,26H,1-6H3,(H,24,29)(H,25,27);6-10,14H,1H3,(H,15,16);6-7H,11H2,1-5H3,(H,12,14)/t15-,16+,19-;10-;6-,7+/m001/s1. The summed E-state index contributed by atoms with van der Waals surface area (Å²) in [7, 11) is 2.43. The Morgan fingerprint density at radius 1 is 0.587 bits per heavy atom. The molecule has 0 aromatic heterocycles.